The number of nitrogens with zero attached hydrogens (tertiary/aromatic N) is 5. The predicted molar refractivity (Wildman–Crippen MR) is 46.9 cm³/mol. The number of imidazole rings is 1. The molecule has 0 aliphatic rings. The van der Waals surface area contributed by atoms with Crippen LogP contribution < -0.4 is 5.73 Å². The summed E-state index contributed by atoms with van der Waals surface area (Å²) in [6.45, 7) is 0. The highest BCUT2D eigenvalue weighted by Gasteiger charge is 2.05. The van der Waals surface area contributed by atoms with Crippen LogP contribution in [0.2, 0.25) is 0 Å². The van der Waals surface area contributed by atoms with E-state index in [-0.39, 0.29) is 0 Å². The van der Waals surface area contributed by atoms with Gasteiger partial charge in [0.1, 0.15) is 6.33 Å². The van der Waals surface area contributed by atoms with Crippen molar-refractivity contribution in [2.45, 2.75) is 0 Å². The van der Waals surface area contributed by atoms with Gasteiger partial charge in [-0.15, -0.1) is 10.2 Å². The molecule has 0 aliphatic heterocycles. The fourth-order valence-electron chi connectivity index (χ4n) is 0.753. The zero-order chi connectivity index (χ0) is 7.84. The van der Waals surface area contributed by atoms with Crippen molar-refractivity contribution in [3.8, 4) is 0 Å². The molecule has 0 bridgehead atoms. The Morgan fingerprint density at radius 2 is 2.27 bits per heavy atom. The molecule has 7 heteroatoms. The molecule has 2 aromatic heterocycles. The van der Waals surface area contributed by atoms with Gasteiger partial charge in [-0.25, -0.2) is 4.98 Å². The van der Waals surface area contributed by atoms with Crippen molar-refractivity contribution in [3.63, 3.8) is 0 Å². The monoisotopic (exact) mass is 262 g/mol. The Bertz CT molecular complexity index is 394. The van der Waals surface area contributed by atoms with Crippen molar-refractivity contribution in [1.29, 1.82) is 0 Å². The summed E-state index contributed by atoms with van der Waals surface area (Å²) in [6.07, 6.45) is 1.61. The summed E-state index contributed by atoms with van der Waals surface area (Å²) in [5.74, 6) is 0.311. The quantitative estimate of drug-likeness (QED) is 0.676. The smallest absolute Gasteiger partial charge is 0.197 e. The van der Waals surface area contributed by atoms with Gasteiger partial charge in [-0.1, -0.05) is 0 Å². The van der Waals surface area contributed by atoms with E-state index >= 15 is 0 Å². The third-order valence-corrected chi connectivity index (χ3v) is 1.94. The first-order valence-electron chi connectivity index (χ1n) is 2.77. The van der Waals surface area contributed by atoms with E-state index in [1.807, 2.05) is 22.9 Å². The molecule has 0 aliphatic carbocycles. The molecular weight excluding hydrogens is 259 g/mol. The molecule has 0 aromatic carbocycles. The van der Waals surface area contributed by atoms with Gasteiger partial charge in [0.05, 0.1) is 22.9 Å². The Labute approximate surface area is 75.3 Å². The molecule has 11 heavy (non-hydrogen) atoms. The van der Waals surface area contributed by atoms with Crippen molar-refractivity contribution in [3.05, 3.63) is 6.33 Å². The zero-order valence-electron chi connectivity index (χ0n) is 5.27. The average molecular weight is 262 g/mol. The van der Waals surface area contributed by atoms with E-state index in [1.165, 1.54) is 0 Å². The summed E-state index contributed by atoms with van der Waals surface area (Å²) in [5.41, 5.74) is 6.71. The minimum atomic E-state index is 0.311. The normalized spacial score (nSPS) is 10.6. The molecule has 2 aromatic rings. The molecule has 2 rings (SSSR count). The molecule has 6 nitrogen and oxygen atoms in total. The second-order valence-corrected chi connectivity index (χ2v) is 2.94. The number of hydrogen-bond donors (Lipinski definition) is 1. The van der Waals surface area contributed by atoms with E-state index in [1.54, 1.807) is 9.11 Å². The first-order chi connectivity index (χ1) is 5.29. The lowest BCUT2D eigenvalue weighted by atomic mass is 10.5. The zero-order valence-corrected chi connectivity index (χ0v) is 7.43. The van der Waals surface area contributed by atoms with E-state index in [0.29, 0.717) is 17.0 Å². The Hall–Kier alpha value is -0.990. The summed E-state index contributed by atoms with van der Waals surface area (Å²) in [7, 11) is 0. The lowest BCUT2D eigenvalue weighted by Gasteiger charge is -1.89. The molecule has 0 radical (unpaired) electrons. The minimum absolute atomic E-state index is 0.311. The molecule has 0 unspecified atom stereocenters. The second-order valence-electron chi connectivity index (χ2n) is 1.90. The number of nitrogen functional groups attached to an aromatic ring is 1. The molecule has 0 saturated heterocycles. The number of nitrogens with two attached hydrogens (primary N) is 1. The van der Waals surface area contributed by atoms with Crippen LogP contribution in [0.3, 0.4) is 0 Å². The van der Waals surface area contributed by atoms with E-state index in [9.17, 15) is 0 Å². The van der Waals surface area contributed by atoms with Crippen molar-refractivity contribution >= 4 is 39.8 Å². The highest BCUT2D eigenvalue weighted by atomic mass is 127. The summed E-state index contributed by atoms with van der Waals surface area (Å²) in [5, 5.41) is 10.8. The number of fused-ring (bicyclic) bond motifs is 1. The summed E-state index contributed by atoms with van der Waals surface area (Å²) in [4.78, 5) is 3.98. The molecule has 0 amide bonds. The van der Waals surface area contributed by atoms with Gasteiger partial charge < -0.3 is 5.73 Å². The SMILES string of the molecule is Nc1nnnc2c1ncn2I. The van der Waals surface area contributed by atoms with E-state index in [0.717, 1.165) is 0 Å². The van der Waals surface area contributed by atoms with Crippen LogP contribution in [0.4, 0.5) is 5.82 Å². The predicted octanol–water partition coefficient (Wildman–Crippen LogP) is 0.00160. The van der Waals surface area contributed by atoms with Crippen LogP contribution in [0.15, 0.2) is 6.33 Å². The molecule has 2 N–H and O–H groups in total. The molecular formula is C4H3IN6. The lowest BCUT2D eigenvalue weighted by Crippen LogP contribution is -1.97. The fourth-order valence-corrected chi connectivity index (χ4v) is 1.20. The Morgan fingerprint density at radius 1 is 1.45 bits per heavy atom. The van der Waals surface area contributed by atoms with Crippen LogP contribution in [-0.2, 0) is 0 Å². The second kappa shape index (κ2) is 2.26. The third-order valence-electron chi connectivity index (χ3n) is 1.24. The molecule has 0 spiro atoms. The maximum atomic E-state index is 5.48. The minimum Gasteiger partial charge on any atom is -0.380 e. The highest BCUT2D eigenvalue weighted by molar-refractivity contribution is 14.1. The molecule has 56 valence electrons. The molecule has 0 atom stereocenters. The summed E-state index contributed by atoms with van der Waals surface area (Å²) >= 11 is 2.04. The van der Waals surface area contributed by atoms with Gasteiger partial charge in [0.25, 0.3) is 0 Å². The number of aromatic nitrogens is 5. The Balaban J connectivity index is 2.94. The number of anilines is 1. The van der Waals surface area contributed by atoms with Crippen molar-refractivity contribution in [2.24, 2.45) is 0 Å². The van der Waals surface area contributed by atoms with Gasteiger partial charge >= 0.3 is 0 Å². The summed E-state index contributed by atoms with van der Waals surface area (Å²) in [6, 6.07) is 0. The van der Waals surface area contributed by atoms with Crippen LogP contribution in [-0.4, -0.2) is 23.2 Å². The van der Waals surface area contributed by atoms with E-state index in [2.05, 4.69) is 20.4 Å². The van der Waals surface area contributed by atoms with Crippen molar-refractivity contribution < 1.29 is 0 Å². The lowest BCUT2D eigenvalue weighted by molar-refractivity contribution is 0.894. The van der Waals surface area contributed by atoms with Gasteiger partial charge in [0.2, 0.25) is 0 Å². The Morgan fingerprint density at radius 3 is 3.00 bits per heavy atom. The molecule has 0 saturated carbocycles. The average Bonchev–Trinajstić information content (AvgIpc) is 2.35. The first kappa shape index (κ1) is 6.70. The first-order valence-corrected chi connectivity index (χ1v) is 3.73. The van der Waals surface area contributed by atoms with Crippen molar-refractivity contribution in [1.82, 2.24) is 23.2 Å². The van der Waals surface area contributed by atoms with Crippen LogP contribution in [0.25, 0.3) is 11.2 Å². The van der Waals surface area contributed by atoms with Crippen LogP contribution in [0.1, 0.15) is 0 Å². The molecule has 2 heterocycles. The van der Waals surface area contributed by atoms with E-state index in [4.69, 9.17) is 5.73 Å². The topological polar surface area (TPSA) is 82.5 Å². The number of halogens is 1. The standard InChI is InChI=1S/C4H3IN6/c5-11-1-7-2-3(6)8-10-9-4(2)11/h1H,(H2,6,8,9). The van der Waals surface area contributed by atoms with Gasteiger partial charge in [-0.2, -0.15) is 0 Å². The van der Waals surface area contributed by atoms with Gasteiger partial charge in [0, 0.05) is 0 Å². The van der Waals surface area contributed by atoms with Gasteiger partial charge in [-0.3, -0.25) is 2.78 Å². The Kier molecular flexibility index (Phi) is 1.37. The van der Waals surface area contributed by atoms with Gasteiger partial charge in [0.15, 0.2) is 17.0 Å². The molecule has 0 fully saturated rings. The fraction of sp³-hybridized carbons (Fsp3) is 0. The number of rotatable bonds is 0. The van der Waals surface area contributed by atoms with Crippen LogP contribution in [0, 0.1) is 0 Å². The van der Waals surface area contributed by atoms with Crippen molar-refractivity contribution in [2.75, 3.05) is 5.73 Å². The van der Waals surface area contributed by atoms with Crippen LogP contribution in [0.5, 0.6) is 0 Å². The van der Waals surface area contributed by atoms with E-state index < -0.39 is 0 Å². The maximum Gasteiger partial charge on any atom is 0.197 e. The highest BCUT2D eigenvalue weighted by Crippen LogP contribution is 2.14. The summed E-state index contributed by atoms with van der Waals surface area (Å²) < 4.78 is 1.71. The van der Waals surface area contributed by atoms with Gasteiger partial charge in [-0.05, 0) is 5.21 Å². The third kappa shape index (κ3) is 0.914. The van der Waals surface area contributed by atoms with Crippen LogP contribution >= 0.6 is 22.9 Å². The maximum absolute atomic E-state index is 5.48. The largest absolute Gasteiger partial charge is 0.380 e. The number of hydrogen-bond acceptors (Lipinski definition) is 5.